The lowest BCUT2D eigenvalue weighted by Gasteiger charge is -2.32. The summed E-state index contributed by atoms with van der Waals surface area (Å²) in [6.45, 7) is 3.48. The van der Waals surface area contributed by atoms with Gasteiger partial charge < -0.3 is 19.3 Å². The smallest absolute Gasteiger partial charge is 0.349 e. The molecule has 2 aromatic rings. The van der Waals surface area contributed by atoms with E-state index in [9.17, 15) is 14.9 Å². The lowest BCUT2D eigenvalue weighted by molar-refractivity contribution is -0.917. The van der Waals surface area contributed by atoms with Gasteiger partial charge in [0.1, 0.15) is 23.9 Å². The molecule has 1 amide bonds. The summed E-state index contributed by atoms with van der Waals surface area (Å²) in [7, 11) is 1.56. The largest absolute Gasteiger partial charge is 0.497 e. The maximum Gasteiger partial charge on any atom is 0.349 e. The molecule has 0 aliphatic carbocycles. The number of methoxy groups -OCH3 is 1. The fraction of sp³-hybridized carbons (Fsp3) is 0.292. The van der Waals surface area contributed by atoms with Crippen LogP contribution < -0.4 is 9.64 Å². The molecule has 0 atom stereocenters. The molecule has 0 spiro atoms. The van der Waals surface area contributed by atoms with Gasteiger partial charge in [0, 0.05) is 5.56 Å². The van der Waals surface area contributed by atoms with Crippen LogP contribution >= 0.6 is 0 Å². The molecule has 1 N–H and O–H groups in total. The molecule has 31 heavy (non-hydrogen) atoms. The number of hydrogen-bond acceptors (Lipinski definition) is 5. The molecular weight excluding hydrogens is 394 g/mol. The number of rotatable bonds is 7. The minimum atomic E-state index is -0.806. The lowest BCUT2D eigenvalue weighted by atomic mass is 10.1. The van der Waals surface area contributed by atoms with Crippen LogP contribution in [-0.2, 0) is 20.9 Å². The summed E-state index contributed by atoms with van der Waals surface area (Å²) < 4.78 is 10.2. The van der Waals surface area contributed by atoms with E-state index >= 15 is 0 Å². The first-order valence-electron chi connectivity index (χ1n) is 10.2. The minimum absolute atomic E-state index is 0.157. The minimum Gasteiger partial charge on any atom is -0.497 e. The molecule has 7 nitrogen and oxygen atoms in total. The number of hydrogen-bond donors (Lipinski definition) is 1. The van der Waals surface area contributed by atoms with Crippen molar-refractivity contribution in [2.75, 3.05) is 39.9 Å². The summed E-state index contributed by atoms with van der Waals surface area (Å²) in [6, 6.07) is 19.0. The number of nitrogens with one attached hydrogen (secondary N) is 1. The van der Waals surface area contributed by atoms with E-state index in [0.29, 0.717) is 24.4 Å². The average Bonchev–Trinajstić information content (AvgIpc) is 2.82. The van der Waals surface area contributed by atoms with Gasteiger partial charge in [-0.2, -0.15) is 5.26 Å². The van der Waals surface area contributed by atoms with E-state index in [-0.39, 0.29) is 18.1 Å². The van der Waals surface area contributed by atoms with Gasteiger partial charge in [0.15, 0.2) is 6.61 Å². The molecule has 1 saturated heterocycles. The van der Waals surface area contributed by atoms with E-state index in [4.69, 9.17) is 9.47 Å². The van der Waals surface area contributed by atoms with Crippen molar-refractivity contribution in [3.05, 3.63) is 71.3 Å². The van der Waals surface area contributed by atoms with Gasteiger partial charge in [-0.25, -0.2) is 4.79 Å². The predicted molar refractivity (Wildman–Crippen MR) is 115 cm³/mol. The number of carbonyl (C=O) groups excluding carboxylic acids is 2. The van der Waals surface area contributed by atoms with Gasteiger partial charge in [-0.15, -0.1) is 0 Å². The van der Waals surface area contributed by atoms with Crippen LogP contribution in [0.25, 0.3) is 6.08 Å². The van der Waals surface area contributed by atoms with Crippen molar-refractivity contribution in [3.63, 3.8) is 0 Å². The van der Waals surface area contributed by atoms with Crippen LogP contribution in [0.15, 0.2) is 60.2 Å². The van der Waals surface area contributed by atoms with Crippen LogP contribution in [0.1, 0.15) is 11.1 Å². The molecule has 3 rings (SSSR count). The van der Waals surface area contributed by atoms with Crippen molar-refractivity contribution in [1.82, 2.24) is 4.90 Å². The number of carbonyl (C=O) groups is 2. The third-order valence-corrected chi connectivity index (χ3v) is 5.21. The molecule has 1 aliphatic rings. The Kier molecular flexibility index (Phi) is 7.79. The Morgan fingerprint density at radius 2 is 1.77 bits per heavy atom. The third kappa shape index (κ3) is 6.43. The van der Waals surface area contributed by atoms with Gasteiger partial charge in [0.25, 0.3) is 5.91 Å². The topological polar surface area (TPSA) is 84.1 Å². The molecule has 7 heteroatoms. The van der Waals surface area contributed by atoms with Crippen molar-refractivity contribution in [2.45, 2.75) is 6.54 Å². The Labute approximate surface area is 182 Å². The normalized spacial score (nSPS) is 14.6. The molecule has 0 unspecified atom stereocenters. The first kappa shape index (κ1) is 22.1. The summed E-state index contributed by atoms with van der Waals surface area (Å²) in [5, 5.41) is 9.28. The SMILES string of the molecule is COc1ccc(/C=C(\C#N)C(=O)OCC(=O)N2CC[NH+](Cc3ccccc3)CC2)cc1. The monoisotopic (exact) mass is 420 g/mol. The Bertz CT molecular complexity index is 957. The van der Waals surface area contributed by atoms with Crippen LogP contribution in [0.5, 0.6) is 5.75 Å². The van der Waals surface area contributed by atoms with E-state index in [1.165, 1.54) is 16.5 Å². The van der Waals surface area contributed by atoms with Crippen LogP contribution in [0.4, 0.5) is 0 Å². The van der Waals surface area contributed by atoms with Gasteiger partial charge in [-0.05, 0) is 23.8 Å². The fourth-order valence-corrected chi connectivity index (χ4v) is 3.43. The van der Waals surface area contributed by atoms with E-state index in [0.717, 1.165) is 19.6 Å². The van der Waals surface area contributed by atoms with E-state index in [2.05, 4.69) is 12.1 Å². The zero-order chi connectivity index (χ0) is 22.1. The predicted octanol–water partition coefficient (Wildman–Crippen LogP) is 1.07. The summed E-state index contributed by atoms with van der Waals surface area (Å²) in [5.41, 5.74) is 1.78. The van der Waals surface area contributed by atoms with Gasteiger partial charge in [0.2, 0.25) is 0 Å². The number of piperazine rings is 1. The van der Waals surface area contributed by atoms with Crippen LogP contribution in [0.3, 0.4) is 0 Å². The summed E-state index contributed by atoms with van der Waals surface area (Å²) in [6.07, 6.45) is 1.43. The Morgan fingerprint density at radius 3 is 2.39 bits per heavy atom. The lowest BCUT2D eigenvalue weighted by Crippen LogP contribution is -3.13. The molecular formula is C24H26N3O4+. The van der Waals surface area contributed by atoms with Gasteiger partial charge in [-0.3, -0.25) is 4.79 Å². The number of esters is 1. The molecule has 160 valence electrons. The summed E-state index contributed by atoms with van der Waals surface area (Å²) in [4.78, 5) is 27.8. The maximum atomic E-state index is 12.4. The standard InChI is InChI=1S/C24H25N3O4/c1-30-22-9-7-19(8-10-22)15-21(16-25)24(29)31-18-23(28)27-13-11-26(12-14-27)17-20-5-3-2-4-6-20/h2-10,15H,11-14,17-18H2,1H3/p+1/b21-15+. The van der Waals surface area contributed by atoms with Crippen molar-refractivity contribution in [1.29, 1.82) is 5.26 Å². The molecule has 0 saturated carbocycles. The molecule has 0 radical (unpaired) electrons. The highest BCUT2D eigenvalue weighted by Crippen LogP contribution is 2.14. The molecule has 1 heterocycles. The second kappa shape index (κ2) is 11.0. The van der Waals surface area contributed by atoms with Gasteiger partial charge in [0.05, 0.1) is 33.3 Å². The van der Waals surface area contributed by atoms with Crippen molar-refractivity contribution < 1.29 is 24.0 Å². The number of nitriles is 1. The second-order valence-corrected chi connectivity index (χ2v) is 7.31. The van der Waals surface area contributed by atoms with Gasteiger partial charge >= 0.3 is 5.97 Å². The number of benzene rings is 2. The first-order valence-corrected chi connectivity index (χ1v) is 10.2. The molecule has 1 fully saturated rings. The highest BCUT2D eigenvalue weighted by Gasteiger charge is 2.25. The summed E-state index contributed by atoms with van der Waals surface area (Å²) >= 11 is 0. The van der Waals surface area contributed by atoms with Crippen molar-refractivity contribution in [3.8, 4) is 11.8 Å². The molecule has 0 bridgehead atoms. The Hall–Kier alpha value is -3.63. The van der Waals surface area contributed by atoms with Crippen LogP contribution in [0, 0.1) is 11.3 Å². The second-order valence-electron chi connectivity index (χ2n) is 7.31. The number of ether oxygens (including phenoxy) is 2. The van der Waals surface area contributed by atoms with Crippen LogP contribution in [0.2, 0.25) is 0 Å². The average molecular weight is 420 g/mol. The number of nitrogens with zero attached hydrogens (tertiary/aromatic N) is 2. The quantitative estimate of drug-likeness (QED) is 0.412. The fourth-order valence-electron chi connectivity index (χ4n) is 3.43. The highest BCUT2D eigenvalue weighted by atomic mass is 16.5. The Balaban J connectivity index is 1.46. The highest BCUT2D eigenvalue weighted by molar-refractivity contribution is 5.98. The van der Waals surface area contributed by atoms with Crippen molar-refractivity contribution >= 4 is 18.0 Å². The van der Waals surface area contributed by atoms with E-state index in [1.807, 2.05) is 24.3 Å². The zero-order valence-electron chi connectivity index (χ0n) is 17.5. The van der Waals surface area contributed by atoms with Gasteiger partial charge in [-0.1, -0.05) is 42.5 Å². The van der Waals surface area contributed by atoms with Crippen LogP contribution in [-0.4, -0.2) is 56.7 Å². The van der Waals surface area contributed by atoms with Crippen molar-refractivity contribution in [2.24, 2.45) is 0 Å². The molecule has 0 aromatic heterocycles. The Morgan fingerprint density at radius 1 is 1.10 bits per heavy atom. The summed E-state index contributed by atoms with van der Waals surface area (Å²) in [5.74, 6) is -0.372. The number of amides is 1. The maximum absolute atomic E-state index is 12.4. The van der Waals surface area contributed by atoms with E-state index < -0.39 is 5.97 Å². The zero-order valence-corrected chi connectivity index (χ0v) is 17.5. The first-order chi connectivity index (χ1) is 15.1. The molecule has 2 aromatic carbocycles. The molecule has 1 aliphatic heterocycles. The third-order valence-electron chi connectivity index (χ3n) is 5.21. The number of quaternary nitrogens is 1. The van der Waals surface area contributed by atoms with E-state index in [1.54, 1.807) is 36.3 Å².